The Hall–Kier alpha value is -1.39. The number of nitrogens with two attached hydrogens (primary N) is 1. The summed E-state index contributed by atoms with van der Waals surface area (Å²) in [5, 5.41) is 0. The van der Waals surface area contributed by atoms with Crippen molar-refractivity contribution in [2.75, 3.05) is 18.6 Å². The van der Waals surface area contributed by atoms with Crippen molar-refractivity contribution >= 4 is 11.6 Å². The summed E-state index contributed by atoms with van der Waals surface area (Å²) in [6, 6.07) is 7.77. The maximum Gasteiger partial charge on any atom is 0.228 e. The molecule has 1 unspecified atom stereocenters. The maximum atomic E-state index is 11.7. The van der Waals surface area contributed by atoms with E-state index >= 15 is 0 Å². The highest BCUT2D eigenvalue weighted by Gasteiger charge is 2.27. The van der Waals surface area contributed by atoms with Gasteiger partial charge in [-0.05, 0) is 17.7 Å². The Labute approximate surface area is 95.0 Å². The maximum absolute atomic E-state index is 11.7. The van der Waals surface area contributed by atoms with Gasteiger partial charge in [0.15, 0.2) is 0 Å². The van der Waals surface area contributed by atoms with Gasteiger partial charge in [0.2, 0.25) is 5.91 Å². The van der Waals surface area contributed by atoms with E-state index in [1.54, 1.807) is 12.0 Å². The van der Waals surface area contributed by atoms with E-state index in [1.165, 1.54) is 0 Å². The first-order valence-corrected chi connectivity index (χ1v) is 5.34. The largest absolute Gasteiger partial charge is 0.380 e. The molecule has 0 aromatic heterocycles. The lowest BCUT2D eigenvalue weighted by Crippen LogP contribution is -2.27. The summed E-state index contributed by atoms with van der Waals surface area (Å²) in [6.45, 7) is 1.16. The minimum absolute atomic E-state index is 0.0430. The molecule has 4 heteroatoms. The fraction of sp³-hybridized carbons (Fsp3) is 0.417. The van der Waals surface area contributed by atoms with Crippen molar-refractivity contribution < 1.29 is 9.53 Å². The van der Waals surface area contributed by atoms with Crippen LogP contribution in [0.25, 0.3) is 0 Å². The Balaban J connectivity index is 2.20. The molecule has 86 valence electrons. The van der Waals surface area contributed by atoms with Crippen molar-refractivity contribution in [2.45, 2.75) is 19.1 Å². The second-order valence-corrected chi connectivity index (χ2v) is 4.07. The Bertz CT molecular complexity index is 392. The van der Waals surface area contributed by atoms with Crippen molar-refractivity contribution in [3.63, 3.8) is 0 Å². The number of anilines is 1. The molecule has 1 aromatic rings. The third-order valence-corrected chi connectivity index (χ3v) is 2.69. The first kappa shape index (κ1) is 11.1. The number of ether oxygens (including phenoxy) is 1. The summed E-state index contributed by atoms with van der Waals surface area (Å²) in [5.41, 5.74) is 7.74. The Morgan fingerprint density at radius 1 is 1.56 bits per heavy atom. The molecule has 1 heterocycles. The number of methoxy groups -OCH3 is 1. The number of amides is 1. The average molecular weight is 220 g/mol. The second kappa shape index (κ2) is 4.63. The first-order valence-electron chi connectivity index (χ1n) is 5.34. The number of hydrogen-bond acceptors (Lipinski definition) is 3. The van der Waals surface area contributed by atoms with Gasteiger partial charge in [0.1, 0.15) is 0 Å². The fourth-order valence-corrected chi connectivity index (χ4v) is 1.97. The van der Waals surface area contributed by atoms with Crippen LogP contribution in [-0.4, -0.2) is 25.6 Å². The van der Waals surface area contributed by atoms with E-state index in [9.17, 15) is 4.79 Å². The molecule has 1 fully saturated rings. The van der Waals surface area contributed by atoms with Crippen molar-refractivity contribution in [3.8, 4) is 0 Å². The Morgan fingerprint density at radius 2 is 2.38 bits per heavy atom. The Kier molecular flexibility index (Phi) is 3.22. The molecule has 1 aliphatic heterocycles. The number of carbonyl (C=O) groups is 1. The monoisotopic (exact) mass is 220 g/mol. The standard InChI is InChI=1S/C12H16N2O2/c1-16-8-9-3-2-4-11(5-9)14-7-10(13)6-12(14)15/h2-5,10H,6-8,13H2,1H3. The van der Waals surface area contributed by atoms with E-state index in [-0.39, 0.29) is 11.9 Å². The summed E-state index contributed by atoms with van der Waals surface area (Å²) in [4.78, 5) is 13.4. The van der Waals surface area contributed by atoms with E-state index in [4.69, 9.17) is 10.5 Å². The van der Waals surface area contributed by atoms with E-state index in [1.807, 2.05) is 24.3 Å². The fourth-order valence-electron chi connectivity index (χ4n) is 1.97. The molecule has 0 saturated carbocycles. The van der Waals surface area contributed by atoms with E-state index in [0.717, 1.165) is 11.3 Å². The van der Waals surface area contributed by atoms with Gasteiger partial charge in [0.25, 0.3) is 0 Å². The topological polar surface area (TPSA) is 55.6 Å². The molecule has 0 bridgehead atoms. The lowest BCUT2D eigenvalue weighted by Gasteiger charge is -2.16. The van der Waals surface area contributed by atoms with Crippen LogP contribution in [0.2, 0.25) is 0 Å². The molecule has 1 aromatic carbocycles. The molecule has 0 spiro atoms. The van der Waals surface area contributed by atoms with Crippen molar-refractivity contribution in [3.05, 3.63) is 29.8 Å². The molecule has 4 nitrogen and oxygen atoms in total. The highest BCUT2D eigenvalue weighted by atomic mass is 16.5. The molecule has 0 aliphatic carbocycles. The molecule has 1 amide bonds. The normalized spacial score (nSPS) is 20.5. The number of benzene rings is 1. The van der Waals surface area contributed by atoms with Gasteiger partial charge in [-0.2, -0.15) is 0 Å². The van der Waals surface area contributed by atoms with Crippen molar-refractivity contribution in [1.82, 2.24) is 0 Å². The summed E-state index contributed by atoms with van der Waals surface area (Å²) in [5.74, 6) is 0.0991. The van der Waals surface area contributed by atoms with Gasteiger partial charge in [0.05, 0.1) is 6.61 Å². The van der Waals surface area contributed by atoms with Gasteiger partial charge >= 0.3 is 0 Å². The molecular weight excluding hydrogens is 204 g/mol. The lowest BCUT2D eigenvalue weighted by molar-refractivity contribution is -0.117. The number of nitrogens with zero attached hydrogens (tertiary/aromatic N) is 1. The van der Waals surface area contributed by atoms with Crippen LogP contribution in [0.5, 0.6) is 0 Å². The quantitative estimate of drug-likeness (QED) is 0.823. The van der Waals surface area contributed by atoms with Gasteiger partial charge < -0.3 is 15.4 Å². The SMILES string of the molecule is COCc1cccc(N2CC(N)CC2=O)c1. The average Bonchev–Trinajstić information content (AvgIpc) is 2.59. The Morgan fingerprint density at radius 3 is 3.00 bits per heavy atom. The smallest absolute Gasteiger partial charge is 0.228 e. The highest BCUT2D eigenvalue weighted by molar-refractivity contribution is 5.96. The molecule has 1 atom stereocenters. The summed E-state index contributed by atoms with van der Waals surface area (Å²) >= 11 is 0. The van der Waals surface area contributed by atoms with Crippen LogP contribution in [-0.2, 0) is 16.1 Å². The van der Waals surface area contributed by atoms with E-state index in [2.05, 4.69) is 0 Å². The van der Waals surface area contributed by atoms with Gasteiger partial charge in [0, 0.05) is 31.8 Å². The van der Waals surface area contributed by atoms with Crippen LogP contribution in [0, 0.1) is 0 Å². The minimum atomic E-state index is -0.0430. The van der Waals surface area contributed by atoms with Crippen LogP contribution >= 0.6 is 0 Å². The lowest BCUT2D eigenvalue weighted by atomic mass is 10.2. The number of rotatable bonds is 3. The van der Waals surface area contributed by atoms with Gasteiger partial charge in [-0.1, -0.05) is 12.1 Å². The molecule has 0 radical (unpaired) electrons. The first-order chi connectivity index (χ1) is 7.70. The van der Waals surface area contributed by atoms with Crippen molar-refractivity contribution in [1.29, 1.82) is 0 Å². The zero-order valence-corrected chi connectivity index (χ0v) is 9.35. The van der Waals surface area contributed by atoms with Crippen LogP contribution in [0.3, 0.4) is 0 Å². The molecule has 16 heavy (non-hydrogen) atoms. The predicted octanol–water partition coefficient (Wildman–Crippen LogP) is 0.897. The van der Waals surface area contributed by atoms with E-state index in [0.29, 0.717) is 19.6 Å². The third-order valence-electron chi connectivity index (χ3n) is 2.69. The predicted molar refractivity (Wildman–Crippen MR) is 62.1 cm³/mol. The van der Waals surface area contributed by atoms with Crippen LogP contribution in [0.15, 0.2) is 24.3 Å². The minimum Gasteiger partial charge on any atom is -0.380 e. The molecule has 1 aliphatic rings. The van der Waals surface area contributed by atoms with Crippen LogP contribution < -0.4 is 10.6 Å². The van der Waals surface area contributed by atoms with E-state index < -0.39 is 0 Å². The molecule has 2 rings (SSSR count). The number of carbonyl (C=O) groups excluding carboxylic acids is 1. The van der Waals surface area contributed by atoms with Crippen LogP contribution in [0.4, 0.5) is 5.69 Å². The van der Waals surface area contributed by atoms with Crippen molar-refractivity contribution in [2.24, 2.45) is 5.73 Å². The molecule has 1 saturated heterocycles. The summed E-state index contributed by atoms with van der Waals surface area (Å²) in [6.07, 6.45) is 0.439. The summed E-state index contributed by atoms with van der Waals surface area (Å²) < 4.78 is 5.07. The van der Waals surface area contributed by atoms with Crippen LogP contribution in [0.1, 0.15) is 12.0 Å². The molecule has 2 N–H and O–H groups in total. The molecular formula is C12H16N2O2. The van der Waals surface area contributed by atoms with Gasteiger partial charge in [-0.25, -0.2) is 0 Å². The highest BCUT2D eigenvalue weighted by Crippen LogP contribution is 2.22. The van der Waals surface area contributed by atoms with Gasteiger partial charge in [-0.3, -0.25) is 4.79 Å². The third kappa shape index (κ3) is 2.23. The second-order valence-electron chi connectivity index (χ2n) is 4.07. The zero-order chi connectivity index (χ0) is 11.5. The number of hydrogen-bond donors (Lipinski definition) is 1. The van der Waals surface area contributed by atoms with Gasteiger partial charge in [-0.15, -0.1) is 0 Å². The summed E-state index contributed by atoms with van der Waals surface area (Å²) in [7, 11) is 1.66. The zero-order valence-electron chi connectivity index (χ0n) is 9.35.